The SMILES string of the molecule is O=[N+]([O-])c1ccc(NC(=S)N2CCN(S(=O)(=O)c3cccc(Br)c3)CC2)cc1. The first-order chi connectivity index (χ1) is 13.3. The lowest BCUT2D eigenvalue weighted by Gasteiger charge is -2.35. The number of nitrogens with one attached hydrogen (secondary N) is 1. The Morgan fingerprint density at radius 2 is 1.75 bits per heavy atom. The van der Waals surface area contributed by atoms with Crippen molar-refractivity contribution in [2.75, 3.05) is 31.5 Å². The number of sulfonamides is 1. The van der Waals surface area contributed by atoms with Crippen molar-refractivity contribution in [3.8, 4) is 0 Å². The maximum absolute atomic E-state index is 12.8. The van der Waals surface area contributed by atoms with Crippen molar-refractivity contribution in [2.24, 2.45) is 0 Å². The van der Waals surface area contributed by atoms with Crippen molar-refractivity contribution in [2.45, 2.75) is 4.90 Å². The fourth-order valence-corrected chi connectivity index (χ4v) is 5.10. The molecule has 0 aliphatic carbocycles. The number of nitrogens with zero attached hydrogens (tertiary/aromatic N) is 3. The van der Waals surface area contributed by atoms with E-state index in [4.69, 9.17) is 12.2 Å². The van der Waals surface area contributed by atoms with Crippen LogP contribution in [0.4, 0.5) is 11.4 Å². The Morgan fingerprint density at radius 1 is 1.11 bits per heavy atom. The molecule has 0 radical (unpaired) electrons. The summed E-state index contributed by atoms with van der Waals surface area (Å²) in [6.45, 7) is 1.53. The van der Waals surface area contributed by atoms with E-state index in [1.165, 1.54) is 16.4 Å². The molecule has 1 aliphatic rings. The normalized spacial score (nSPS) is 15.2. The molecule has 1 aliphatic heterocycles. The van der Waals surface area contributed by atoms with Gasteiger partial charge in [-0.3, -0.25) is 10.1 Å². The first-order valence-electron chi connectivity index (χ1n) is 8.33. The van der Waals surface area contributed by atoms with Gasteiger partial charge in [-0.25, -0.2) is 8.42 Å². The van der Waals surface area contributed by atoms with Gasteiger partial charge in [-0.05, 0) is 42.5 Å². The van der Waals surface area contributed by atoms with Gasteiger partial charge in [0.1, 0.15) is 0 Å². The molecule has 0 spiro atoms. The van der Waals surface area contributed by atoms with Crippen LogP contribution in [0.25, 0.3) is 0 Å². The molecule has 0 bridgehead atoms. The number of anilines is 1. The van der Waals surface area contributed by atoms with Gasteiger partial charge in [0.15, 0.2) is 5.11 Å². The van der Waals surface area contributed by atoms with Crippen molar-refractivity contribution in [1.82, 2.24) is 9.21 Å². The fraction of sp³-hybridized carbons (Fsp3) is 0.235. The molecule has 1 saturated heterocycles. The van der Waals surface area contributed by atoms with Gasteiger partial charge < -0.3 is 10.2 Å². The predicted octanol–water partition coefficient (Wildman–Crippen LogP) is 3.06. The number of rotatable bonds is 4. The first-order valence-corrected chi connectivity index (χ1v) is 11.0. The van der Waals surface area contributed by atoms with E-state index in [0.29, 0.717) is 41.5 Å². The Balaban J connectivity index is 1.60. The smallest absolute Gasteiger partial charge is 0.269 e. The van der Waals surface area contributed by atoms with E-state index in [0.717, 1.165) is 0 Å². The molecule has 0 atom stereocenters. The number of hydrogen-bond donors (Lipinski definition) is 1. The molecule has 2 aromatic carbocycles. The highest BCUT2D eigenvalue weighted by atomic mass is 79.9. The minimum Gasteiger partial charge on any atom is -0.346 e. The van der Waals surface area contributed by atoms with Gasteiger partial charge in [-0.2, -0.15) is 4.31 Å². The monoisotopic (exact) mass is 484 g/mol. The number of nitro groups is 1. The topological polar surface area (TPSA) is 95.8 Å². The molecule has 148 valence electrons. The second-order valence-electron chi connectivity index (χ2n) is 6.08. The molecule has 1 fully saturated rings. The maximum atomic E-state index is 12.8. The zero-order valence-corrected chi connectivity index (χ0v) is 17.8. The summed E-state index contributed by atoms with van der Waals surface area (Å²) in [6, 6.07) is 12.6. The largest absolute Gasteiger partial charge is 0.346 e. The standard InChI is InChI=1S/C17H17BrN4O4S2/c18-13-2-1-3-16(12-13)28(25,26)21-10-8-20(9-11-21)17(27)19-14-4-6-15(7-5-14)22(23)24/h1-7,12H,8-11H2,(H,19,27). The Morgan fingerprint density at radius 3 is 2.32 bits per heavy atom. The van der Waals surface area contributed by atoms with Gasteiger partial charge in [0, 0.05) is 48.5 Å². The number of piperazine rings is 1. The molecule has 1 N–H and O–H groups in total. The van der Waals surface area contributed by atoms with Crippen molar-refractivity contribution in [3.05, 3.63) is 63.1 Å². The number of benzene rings is 2. The van der Waals surface area contributed by atoms with E-state index in [1.54, 1.807) is 36.4 Å². The number of nitro benzene ring substituents is 1. The van der Waals surface area contributed by atoms with Gasteiger partial charge >= 0.3 is 0 Å². The molecule has 0 aromatic heterocycles. The lowest BCUT2D eigenvalue weighted by atomic mass is 10.3. The van der Waals surface area contributed by atoms with E-state index in [-0.39, 0.29) is 10.6 Å². The highest BCUT2D eigenvalue weighted by Gasteiger charge is 2.29. The van der Waals surface area contributed by atoms with E-state index in [9.17, 15) is 18.5 Å². The summed E-state index contributed by atoms with van der Waals surface area (Å²) in [5.41, 5.74) is 0.641. The minimum absolute atomic E-state index is 0.00263. The van der Waals surface area contributed by atoms with Crippen LogP contribution < -0.4 is 5.32 Å². The quantitative estimate of drug-likeness (QED) is 0.404. The predicted molar refractivity (Wildman–Crippen MR) is 114 cm³/mol. The van der Waals surface area contributed by atoms with Crippen molar-refractivity contribution >= 4 is 54.7 Å². The van der Waals surface area contributed by atoms with Crippen LogP contribution in [0.2, 0.25) is 0 Å². The lowest BCUT2D eigenvalue weighted by molar-refractivity contribution is -0.384. The van der Waals surface area contributed by atoms with E-state index in [1.807, 2.05) is 4.90 Å². The fourth-order valence-electron chi connectivity index (χ4n) is 2.78. The van der Waals surface area contributed by atoms with Gasteiger partial charge in [0.25, 0.3) is 5.69 Å². The molecule has 0 amide bonds. The third-order valence-corrected chi connectivity index (χ3v) is 7.04. The van der Waals surface area contributed by atoms with Crippen LogP contribution in [0.5, 0.6) is 0 Å². The summed E-state index contributed by atoms with van der Waals surface area (Å²) in [5.74, 6) is 0. The molecular formula is C17H17BrN4O4S2. The first kappa shape index (κ1) is 20.6. The summed E-state index contributed by atoms with van der Waals surface area (Å²) in [6.07, 6.45) is 0. The number of thiocarbonyl (C=S) groups is 1. The van der Waals surface area contributed by atoms with Gasteiger partial charge in [-0.1, -0.05) is 22.0 Å². The average molecular weight is 485 g/mol. The second kappa shape index (κ2) is 8.52. The van der Waals surface area contributed by atoms with Crippen LogP contribution in [0.1, 0.15) is 0 Å². The van der Waals surface area contributed by atoms with Gasteiger partial charge in [0.2, 0.25) is 10.0 Å². The van der Waals surface area contributed by atoms with Crippen LogP contribution in [0, 0.1) is 10.1 Å². The average Bonchev–Trinajstić information content (AvgIpc) is 2.68. The molecule has 2 aromatic rings. The lowest BCUT2D eigenvalue weighted by Crippen LogP contribution is -2.51. The number of halogens is 1. The molecule has 8 nitrogen and oxygen atoms in total. The van der Waals surface area contributed by atoms with Gasteiger partial charge in [-0.15, -0.1) is 0 Å². The van der Waals surface area contributed by atoms with Crippen molar-refractivity contribution in [3.63, 3.8) is 0 Å². The zero-order chi connectivity index (χ0) is 20.3. The number of hydrogen-bond acceptors (Lipinski definition) is 5. The van der Waals surface area contributed by atoms with Crippen LogP contribution in [0.15, 0.2) is 57.9 Å². The Hall–Kier alpha value is -2.08. The highest BCUT2D eigenvalue weighted by molar-refractivity contribution is 9.10. The van der Waals surface area contributed by atoms with Crippen LogP contribution >= 0.6 is 28.1 Å². The molecular weight excluding hydrogens is 468 g/mol. The van der Waals surface area contributed by atoms with E-state index in [2.05, 4.69) is 21.2 Å². The highest BCUT2D eigenvalue weighted by Crippen LogP contribution is 2.22. The van der Waals surface area contributed by atoms with Crippen molar-refractivity contribution < 1.29 is 13.3 Å². The molecule has 3 rings (SSSR count). The van der Waals surface area contributed by atoms with Gasteiger partial charge in [0.05, 0.1) is 9.82 Å². The van der Waals surface area contributed by atoms with E-state index >= 15 is 0 Å². The Kier molecular flexibility index (Phi) is 6.28. The zero-order valence-electron chi connectivity index (χ0n) is 14.6. The Bertz CT molecular complexity index is 990. The third kappa shape index (κ3) is 4.66. The summed E-state index contributed by atoms with van der Waals surface area (Å²) in [5, 5.41) is 14.2. The van der Waals surface area contributed by atoms with Crippen molar-refractivity contribution in [1.29, 1.82) is 0 Å². The summed E-state index contributed by atoms with van der Waals surface area (Å²) in [4.78, 5) is 12.4. The van der Waals surface area contributed by atoms with E-state index < -0.39 is 14.9 Å². The van der Waals surface area contributed by atoms with Crippen LogP contribution in [-0.4, -0.2) is 53.8 Å². The maximum Gasteiger partial charge on any atom is 0.269 e. The molecule has 0 saturated carbocycles. The Labute approximate surface area is 176 Å². The molecule has 11 heteroatoms. The van der Waals surface area contributed by atoms with Crippen LogP contribution in [0.3, 0.4) is 0 Å². The number of non-ortho nitro benzene ring substituents is 1. The summed E-state index contributed by atoms with van der Waals surface area (Å²) >= 11 is 8.69. The molecule has 0 unspecified atom stereocenters. The second-order valence-corrected chi connectivity index (χ2v) is 9.32. The molecule has 28 heavy (non-hydrogen) atoms. The summed E-state index contributed by atoms with van der Waals surface area (Å²) in [7, 11) is -3.56. The summed E-state index contributed by atoms with van der Waals surface area (Å²) < 4.78 is 27.7. The van der Waals surface area contributed by atoms with Crippen LogP contribution in [-0.2, 0) is 10.0 Å². The molecule has 1 heterocycles. The third-order valence-electron chi connectivity index (χ3n) is 4.29. The minimum atomic E-state index is -3.56.